The first-order chi connectivity index (χ1) is 8.97. The minimum atomic E-state index is -0.853. The average molecular weight is 284 g/mol. The van der Waals surface area contributed by atoms with E-state index in [-0.39, 0.29) is 28.0 Å². The molecule has 0 saturated heterocycles. The van der Waals surface area contributed by atoms with Crippen molar-refractivity contribution in [3.8, 4) is 11.6 Å². The highest BCUT2D eigenvalue weighted by Crippen LogP contribution is 2.29. The van der Waals surface area contributed by atoms with E-state index >= 15 is 0 Å². The summed E-state index contributed by atoms with van der Waals surface area (Å²) in [5, 5.41) is 17.9. The number of ether oxygens (including phenoxy) is 1. The maximum atomic E-state index is 13.7. The fourth-order valence-corrected chi connectivity index (χ4v) is 1.49. The molecule has 0 fully saturated rings. The summed E-state index contributed by atoms with van der Waals surface area (Å²) in [4.78, 5) is 9.98. The minimum absolute atomic E-state index is 0.0385. The third-order valence-corrected chi connectivity index (χ3v) is 2.47. The predicted molar refractivity (Wildman–Crippen MR) is 64.9 cm³/mol. The molecular formula is C11H7ClFN3O3. The Kier molecular flexibility index (Phi) is 3.57. The van der Waals surface area contributed by atoms with Gasteiger partial charge in [0.25, 0.3) is 5.69 Å². The fraction of sp³-hybridized carbons (Fsp3) is 0.0909. The summed E-state index contributed by atoms with van der Waals surface area (Å²) in [6.07, 6.45) is 0. The van der Waals surface area contributed by atoms with E-state index in [1.54, 1.807) is 0 Å². The highest BCUT2D eigenvalue weighted by atomic mass is 35.5. The van der Waals surface area contributed by atoms with E-state index in [1.807, 2.05) is 0 Å². The van der Waals surface area contributed by atoms with Gasteiger partial charge in [-0.15, -0.1) is 10.2 Å². The molecule has 2 aromatic rings. The second-order valence-corrected chi connectivity index (χ2v) is 4.01. The van der Waals surface area contributed by atoms with Crippen LogP contribution in [0.1, 0.15) is 5.56 Å². The van der Waals surface area contributed by atoms with E-state index in [0.717, 1.165) is 6.07 Å². The highest BCUT2D eigenvalue weighted by molar-refractivity contribution is 6.29. The molecular weight excluding hydrogens is 277 g/mol. The van der Waals surface area contributed by atoms with Crippen LogP contribution in [-0.4, -0.2) is 15.1 Å². The summed E-state index contributed by atoms with van der Waals surface area (Å²) in [6.45, 7) is 1.48. The van der Waals surface area contributed by atoms with Gasteiger partial charge < -0.3 is 4.74 Å². The molecule has 0 amide bonds. The quantitative estimate of drug-likeness (QED) is 0.638. The molecule has 0 aliphatic heterocycles. The first-order valence-corrected chi connectivity index (χ1v) is 5.47. The number of nitrogens with zero attached hydrogens (tertiary/aromatic N) is 3. The zero-order valence-corrected chi connectivity index (χ0v) is 10.4. The maximum absolute atomic E-state index is 13.7. The van der Waals surface area contributed by atoms with Crippen molar-refractivity contribution < 1.29 is 14.1 Å². The standard InChI is InChI=1S/C11H7ClFN3O3/c1-6-4-9(7(13)5-8(6)16(17)18)19-11-3-2-10(12)14-15-11/h2-5H,1H3. The van der Waals surface area contributed by atoms with E-state index in [2.05, 4.69) is 10.2 Å². The molecule has 8 heteroatoms. The van der Waals surface area contributed by atoms with Gasteiger partial charge >= 0.3 is 0 Å². The molecule has 0 radical (unpaired) electrons. The van der Waals surface area contributed by atoms with Crippen molar-refractivity contribution >= 4 is 17.3 Å². The molecule has 0 spiro atoms. The van der Waals surface area contributed by atoms with Crippen LogP contribution in [0.25, 0.3) is 0 Å². The first-order valence-electron chi connectivity index (χ1n) is 5.09. The lowest BCUT2D eigenvalue weighted by molar-refractivity contribution is -0.385. The number of halogens is 2. The summed E-state index contributed by atoms with van der Waals surface area (Å²) in [5.74, 6) is -0.981. The lowest BCUT2D eigenvalue weighted by Gasteiger charge is -2.06. The van der Waals surface area contributed by atoms with Crippen molar-refractivity contribution in [2.24, 2.45) is 0 Å². The Hall–Kier alpha value is -2.28. The maximum Gasteiger partial charge on any atom is 0.275 e. The molecule has 2 rings (SSSR count). The van der Waals surface area contributed by atoms with Crippen LogP contribution >= 0.6 is 11.6 Å². The lowest BCUT2D eigenvalue weighted by atomic mass is 10.2. The predicted octanol–water partition coefficient (Wildman–Crippen LogP) is 3.28. The molecule has 1 heterocycles. The number of hydrogen-bond donors (Lipinski definition) is 0. The van der Waals surface area contributed by atoms with E-state index < -0.39 is 10.7 Å². The van der Waals surface area contributed by atoms with Crippen molar-refractivity contribution in [3.63, 3.8) is 0 Å². The number of benzene rings is 1. The largest absolute Gasteiger partial charge is 0.434 e. The van der Waals surface area contributed by atoms with E-state index in [9.17, 15) is 14.5 Å². The molecule has 0 unspecified atom stereocenters. The molecule has 1 aromatic heterocycles. The van der Waals surface area contributed by atoms with Crippen LogP contribution in [0.5, 0.6) is 11.6 Å². The Morgan fingerprint density at radius 3 is 2.68 bits per heavy atom. The Morgan fingerprint density at radius 2 is 2.11 bits per heavy atom. The van der Waals surface area contributed by atoms with Crippen LogP contribution in [0.4, 0.5) is 10.1 Å². The molecule has 19 heavy (non-hydrogen) atoms. The Bertz CT molecular complexity index is 634. The number of aryl methyl sites for hydroxylation is 1. The summed E-state index contributed by atoms with van der Waals surface area (Å²) in [7, 11) is 0. The summed E-state index contributed by atoms with van der Waals surface area (Å²) in [5.41, 5.74) is -0.0321. The molecule has 0 N–H and O–H groups in total. The molecule has 0 atom stereocenters. The SMILES string of the molecule is Cc1cc(Oc2ccc(Cl)nn2)c(F)cc1[N+](=O)[O-]. The lowest BCUT2D eigenvalue weighted by Crippen LogP contribution is -1.97. The van der Waals surface area contributed by atoms with Gasteiger partial charge in [-0.3, -0.25) is 10.1 Å². The molecule has 0 bridgehead atoms. The number of nitro benzene ring substituents is 1. The minimum Gasteiger partial charge on any atom is -0.434 e. The second-order valence-electron chi connectivity index (χ2n) is 3.62. The van der Waals surface area contributed by atoms with Gasteiger partial charge in [0, 0.05) is 11.6 Å². The summed E-state index contributed by atoms with van der Waals surface area (Å²) < 4.78 is 18.8. The zero-order chi connectivity index (χ0) is 14.0. The fourth-order valence-electron chi connectivity index (χ4n) is 1.39. The number of hydrogen-bond acceptors (Lipinski definition) is 5. The van der Waals surface area contributed by atoms with Gasteiger partial charge in [0.15, 0.2) is 16.7 Å². The Morgan fingerprint density at radius 1 is 1.37 bits per heavy atom. The van der Waals surface area contributed by atoms with Gasteiger partial charge in [-0.1, -0.05) is 11.6 Å². The zero-order valence-electron chi connectivity index (χ0n) is 9.63. The van der Waals surface area contributed by atoms with Crippen molar-refractivity contribution in [1.82, 2.24) is 10.2 Å². The molecule has 98 valence electrons. The summed E-state index contributed by atoms with van der Waals surface area (Å²) in [6, 6.07) is 4.86. The summed E-state index contributed by atoms with van der Waals surface area (Å²) >= 11 is 5.55. The van der Waals surface area contributed by atoms with Crippen LogP contribution in [0.2, 0.25) is 5.15 Å². The second kappa shape index (κ2) is 5.15. The monoisotopic (exact) mass is 283 g/mol. The van der Waals surface area contributed by atoms with Crippen LogP contribution in [0.3, 0.4) is 0 Å². The van der Waals surface area contributed by atoms with E-state index in [0.29, 0.717) is 0 Å². The van der Waals surface area contributed by atoms with Crippen LogP contribution in [-0.2, 0) is 0 Å². The first kappa shape index (κ1) is 13.2. The van der Waals surface area contributed by atoms with Crippen molar-refractivity contribution in [3.05, 3.63) is 50.9 Å². The normalized spacial score (nSPS) is 10.3. The topological polar surface area (TPSA) is 78.2 Å². The third-order valence-electron chi connectivity index (χ3n) is 2.27. The van der Waals surface area contributed by atoms with Gasteiger partial charge in [0.05, 0.1) is 11.0 Å². The average Bonchev–Trinajstić information content (AvgIpc) is 2.35. The molecule has 0 aliphatic carbocycles. The third kappa shape index (κ3) is 2.94. The van der Waals surface area contributed by atoms with Gasteiger partial charge in [-0.05, 0) is 19.1 Å². The van der Waals surface area contributed by atoms with Gasteiger partial charge in [0.1, 0.15) is 0 Å². The van der Waals surface area contributed by atoms with Crippen LogP contribution in [0.15, 0.2) is 24.3 Å². The van der Waals surface area contributed by atoms with E-state index in [1.165, 1.54) is 25.1 Å². The molecule has 6 nitrogen and oxygen atoms in total. The van der Waals surface area contributed by atoms with E-state index in [4.69, 9.17) is 16.3 Å². The molecule has 1 aromatic carbocycles. The molecule has 0 aliphatic rings. The number of aromatic nitrogens is 2. The van der Waals surface area contributed by atoms with Crippen molar-refractivity contribution in [2.45, 2.75) is 6.92 Å². The van der Waals surface area contributed by atoms with Gasteiger partial charge in [0.2, 0.25) is 5.88 Å². The Balaban J connectivity index is 2.33. The van der Waals surface area contributed by atoms with Crippen LogP contribution in [0, 0.1) is 22.9 Å². The van der Waals surface area contributed by atoms with Gasteiger partial charge in [-0.2, -0.15) is 0 Å². The Labute approximate surface area is 111 Å². The highest BCUT2D eigenvalue weighted by Gasteiger charge is 2.17. The smallest absolute Gasteiger partial charge is 0.275 e. The van der Waals surface area contributed by atoms with Gasteiger partial charge in [-0.25, -0.2) is 4.39 Å². The number of rotatable bonds is 3. The number of nitro groups is 1. The van der Waals surface area contributed by atoms with Crippen LogP contribution < -0.4 is 4.74 Å². The van der Waals surface area contributed by atoms with Crippen molar-refractivity contribution in [2.75, 3.05) is 0 Å². The van der Waals surface area contributed by atoms with Crippen molar-refractivity contribution in [1.29, 1.82) is 0 Å². The molecule has 0 saturated carbocycles.